The van der Waals surface area contributed by atoms with E-state index in [0.717, 1.165) is 6.08 Å². The van der Waals surface area contributed by atoms with E-state index >= 15 is 0 Å². The number of carboxylic acids is 2. The number of allylic oxidation sites excluding steroid dienone is 1. The van der Waals surface area contributed by atoms with Crippen LogP contribution in [0.25, 0.3) is 0 Å². The summed E-state index contributed by atoms with van der Waals surface area (Å²) in [5.41, 5.74) is -0.792. The van der Waals surface area contributed by atoms with Crippen molar-refractivity contribution in [3.63, 3.8) is 0 Å². The van der Waals surface area contributed by atoms with Gasteiger partial charge in [0.25, 0.3) is 0 Å². The molecule has 0 aromatic carbocycles. The predicted octanol–water partition coefficient (Wildman–Crippen LogP) is 2.15. The van der Waals surface area contributed by atoms with Crippen LogP contribution in [0.3, 0.4) is 0 Å². The van der Waals surface area contributed by atoms with Crippen LogP contribution in [-0.4, -0.2) is 22.2 Å². The van der Waals surface area contributed by atoms with Gasteiger partial charge >= 0.3 is 11.9 Å². The van der Waals surface area contributed by atoms with Gasteiger partial charge in [-0.3, -0.25) is 4.79 Å². The molecule has 1 fully saturated rings. The summed E-state index contributed by atoms with van der Waals surface area (Å²) in [5.74, 6) is -2.19. The molecule has 2 unspecified atom stereocenters. The lowest BCUT2D eigenvalue weighted by Crippen LogP contribution is -2.36. The van der Waals surface area contributed by atoms with Crippen LogP contribution < -0.4 is 0 Å². The van der Waals surface area contributed by atoms with Gasteiger partial charge in [0.1, 0.15) is 0 Å². The van der Waals surface area contributed by atoms with Crippen LogP contribution in [0.15, 0.2) is 12.2 Å². The molecule has 0 bridgehead atoms. The van der Waals surface area contributed by atoms with Crippen LogP contribution in [0, 0.1) is 16.7 Å². The number of carboxylic acid groups (broad SMARTS) is 2. The molecule has 0 spiro atoms. The van der Waals surface area contributed by atoms with Gasteiger partial charge in [-0.2, -0.15) is 0 Å². The maximum Gasteiger partial charge on any atom is 0.327 e. The van der Waals surface area contributed by atoms with Crippen molar-refractivity contribution in [3.8, 4) is 0 Å². The zero-order chi connectivity index (χ0) is 12.6. The molecule has 0 saturated heterocycles. The van der Waals surface area contributed by atoms with Crippen LogP contribution in [0.2, 0.25) is 0 Å². The molecule has 90 valence electrons. The van der Waals surface area contributed by atoms with E-state index in [1.165, 1.54) is 0 Å². The highest BCUT2D eigenvalue weighted by Crippen LogP contribution is 2.56. The molecule has 16 heavy (non-hydrogen) atoms. The highest BCUT2D eigenvalue weighted by molar-refractivity contribution is 5.80. The Balaban J connectivity index is 3.00. The molecule has 0 aromatic rings. The first-order chi connectivity index (χ1) is 7.21. The Bertz CT molecular complexity index is 343. The quantitative estimate of drug-likeness (QED) is 0.723. The maximum atomic E-state index is 11.1. The van der Waals surface area contributed by atoms with Gasteiger partial charge < -0.3 is 10.2 Å². The first-order valence-corrected chi connectivity index (χ1v) is 5.36. The van der Waals surface area contributed by atoms with Crippen molar-refractivity contribution in [2.45, 2.75) is 33.6 Å². The molecule has 0 aromatic heterocycles. The molecule has 1 rings (SSSR count). The monoisotopic (exact) mass is 226 g/mol. The van der Waals surface area contributed by atoms with E-state index in [1.807, 2.05) is 20.8 Å². The largest absolute Gasteiger partial charge is 0.481 e. The summed E-state index contributed by atoms with van der Waals surface area (Å²) in [6.45, 7) is 5.71. The Labute approximate surface area is 95.0 Å². The second kappa shape index (κ2) is 3.92. The van der Waals surface area contributed by atoms with Crippen molar-refractivity contribution in [1.82, 2.24) is 0 Å². The topological polar surface area (TPSA) is 74.6 Å². The van der Waals surface area contributed by atoms with E-state index in [1.54, 1.807) is 6.08 Å². The van der Waals surface area contributed by atoms with E-state index in [2.05, 4.69) is 0 Å². The van der Waals surface area contributed by atoms with E-state index in [4.69, 9.17) is 10.2 Å². The van der Waals surface area contributed by atoms with Gasteiger partial charge in [-0.15, -0.1) is 0 Å². The van der Waals surface area contributed by atoms with Gasteiger partial charge in [-0.05, 0) is 23.7 Å². The number of rotatable bonds is 3. The second-order valence-corrected chi connectivity index (χ2v) is 5.24. The number of aliphatic carboxylic acids is 2. The third-order valence-electron chi connectivity index (χ3n) is 4.19. The average Bonchev–Trinajstić information content (AvgIpc) is 2.36. The van der Waals surface area contributed by atoms with Gasteiger partial charge in [0, 0.05) is 6.08 Å². The minimum Gasteiger partial charge on any atom is -0.481 e. The molecule has 2 atom stereocenters. The van der Waals surface area contributed by atoms with E-state index < -0.39 is 23.3 Å². The zero-order valence-corrected chi connectivity index (χ0v) is 9.86. The van der Waals surface area contributed by atoms with Crippen LogP contribution in [0.1, 0.15) is 33.6 Å². The molecule has 0 heterocycles. The maximum absolute atomic E-state index is 11.1. The summed E-state index contributed by atoms with van der Waals surface area (Å²) >= 11 is 0. The highest BCUT2D eigenvalue weighted by Gasteiger charge is 2.52. The zero-order valence-electron chi connectivity index (χ0n) is 9.86. The summed E-state index contributed by atoms with van der Waals surface area (Å²) < 4.78 is 0. The van der Waals surface area contributed by atoms with Crippen molar-refractivity contribution >= 4 is 11.9 Å². The normalized spacial score (nSPS) is 33.1. The number of carbonyl (C=O) groups is 2. The lowest BCUT2D eigenvalue weighted by molar-refractivity contribution is -0.145. The van der Waals surface area contributed by atoms with Gasteiger partial charge in [-0.25, -0.2) is 4.79 Å². The van der Waals surface area contributed by atoms with Gasteiger partial charge in [-0.1, -0.05) is 26.8 Å². The Morgan fingerprint density at radius 2 is 1.81 bits per heavy atom. The Morgan fingerprint density at radius 1 is 1.25 bits per heavy atom. The predicted molar refractivity (Wildman–Crippen MR) is 59.0 cm³/mol. The molecule has 2 N–H and O–H groups in total. The average molecular weight is 226 g/mol. The number of hydrogen-bond donors (Lipinski definition) is 2. The summed E-state index contributed by atoms with van der Waals surface area (Å²) in [4.78, 5) is 21.6. The van der Waals surface area contributed by atoms with Gasteiger partial charge in [0.15, 0.2) is 0 Å². The smallest absolute Gasteiger partial charge is 0.327 e. The van der Waals surface area contributed by atoms with E-state index in [9.17, 15) is 9.59 Å². The van der Waals surface area contributed by atoms with Crippen molar-refractivity contribution in [2.24, 2.45) is 16.7 Å². The Morgan fingerprint density at radius 3 is 2.19 bits per heavy atom. The summed E-state index contributed by atoms with van der Waals surface area (Å²) in [6, 6.07) is 0. The molecule has 1 saturated carbocycles. The van der Waals surface area contributed by atoms with Crippen LogP contribution in [-0.2, 0) is 9.59 Å². The fourth-order valence-electron chi connectivity index (χ4n) is 2.51. The fraction of sp³-hybridized carbons (Fsp3) is 0.667. The minimum atomic E-state index is -0.990. The first kappa shape index (κ1) is 12.7. The lowest BCUT2D eigenvalue weighted by atomic mass is 9.65. The van der Waals surface area contributed by atoms with Crippen molar-refractivity contribution in [3.05, 3.63) is 12.2 Å². The molecule has 1 aliphatic rings. The third-order valence-corrected chi connectivity index (χ3v) is 4.19. The van der Waals surface area contributed by atoms with E-state index in [-0.39, 0.29) is 5.41 Å². The van der Waals surface area contributed by atoms with Crippen LogP contribution in [0.4, 0.5) is 0 Å². The van der Waals surface area contributed by atoms with Crippen LogP contribution >= 0.6 is 0 Å². The molecular formula is C12H18O4. The van der Waals surface area contributed by atoms with Crippen molar-refractivity contribution in [2.75, 3.05) is 0 Å². The fourth-order valence-corrected chi connectivity index (χ4v) is 2.51. The minimum absolute atomic E-state index is 0.367. The summed E-state index contributed by atoms with van der Waals surface area (Å²) in [5, 5.41) is 17.7. The van der Waals surface area contributed by atoms with E-state index in [0.29, 0.717) is 12.8 Å². The molecule has 1 aliphatic carbocycles. The molecule has 0 radical (unpaired) electrons. The summed E-state index contributed by atoms with van der Waals surface area (Å²) in [7, 11) is 0. The van der Waals surface area contributed by atoms with Gasteiger partial charge in [0.05, 0.1) is 5.92 Å². The number of hydrogen-bond acceptors (Lipinski definition) is 2. The Hall–Kier alpha value is -1.32. The highest BCUT2D eigenvalue weighted by atomic mass is 16.4. The summed E-state index contributed by atoms with van der Waals surface area (Å²) in [6.07, 6.45) is 4.06. The first-order valence-electron chi connectivity index (χ1n) is 5.36. The standard InChI is InChI=1S/C12H18O4/c1-11(2)8(10(15)16)4-6-12(11,3)7-5-9(13)14/h5,7-8H,4,6H2,1-3H3,(H,13,14)(H,15,16). The molecular weight excluding hydrogens is 208 g/mol. The second-order valence-electron chi connectivity index (χ2n) is 5.24. The van der Waals surface area contributed by atoms with Gasteiger partial charge in [0.2, 0.25) is 0 Å². The van der Waals surface area contributed by atoms with Crippen molar-refractivity contribution in [1.29, 1.82) is 0 Å². The molecule has 4 heteroatoms. The molecule has 0 aliphatic heterocycles. The molecule has 4 nitrogen and oxygen atoms in total. The molecule has 0 amide bonds. The lowest BCUT2D eigenvalue weighted by Gasteiger charge is -2.38. The Kier molecular flexibility index (Phi) is 3.13. The SMILES string of the molecule is CC1(C=CC(=O)O)CCC(C(=O)O)C1(C)C. The van der Waals surface area contributed by atoms with Crippen molar-refractivity contribution < 1.29 is 19.8 Å². The van der Waals surface area contributed by atoms with Crippen LogP contribution in [0.5, 0.6) is 0 Å². The third kappa shape index (κ3) is 1.96.